The number of benzene rings is 1. The largest absolute Gasteiger partial charge is 0.495 e. The molecule has 0 amide bonds. The monoisotopic (exact) mass is 511 g/mol. The third-order valence-electron chi connectivity index (χ3n) is 6.75. The summed E-state index contributed by atoms with van der Waals surface area (Å²) in [7, 11) is 7.74. The van der Waals surface area contributed by atoms with E-state index >= 15 is 0 Å². The molecule has 38 heavy (non-hydrogen) atoms. The lowest BCUT2D eigenvalue weighted by molar-refractivity contribution is 0.278. The summed E-state index contributed by atoms with van der Waals surface area (Å²) in [6.45, 7) is 0.804. The van der Waals surface area contributed by atoms with Gasteiger partial charge in [0, 0.05) is 42.1 Å². The first-order valence-corrected chi connectivity index (χ1v) is 12.5. The zero-order valence-electron chi connectivity index (χ0n) is 22.1. The fourth-order valence-corrected chi connectivity index (χ4v) is 4.68. The van der Waals surface area contributed by atoms with Gasteiger partial charge in [0.2, 0.25) is 5.95 Å². The van der Waals surface area contributed by atoms with Crippen LogP contribution in [0.5, 0.6) is 0 Å². The maximum atomic E-state index is 6.98. The summed E-state index contributed by atoms with van der Waals surface area (Å²) in [5, 5.41) is 7.96. The predicted molar refractivity (Wildman–Crippen MR) is 150 cm³/mol. The van der Waals surface area contributed by atoms with Gasteiger partial charge >= 0.3 is 0 Å². The number of hydrogen-bond donors (Lipinski definition) is 3. The lowest BCUT2D eigenvalue weighted by atomic mass is 9.82. The van der Waals surface area contributed by atoms with Gasteiger partial charge in [-0.25, -0.2) is 19.9 Å². The maximum absolute atomic E-state index is 6.98. The molecule has 4 N–H and O–H groups in total. The van der Waals surface area contributed by atoms with Crippen LogP contribution in [0.3, 0.4) is 0 Å². The first kappa shape index (κ1) is 25.4. The number of nitrogens with zero attached hydrogens (tertiary/aromatic N) is 6. The van der Waals surface area contributed by atoms with E-state index in [9.17, 15) is 0 Å². The zero-order chi connectivity index (χ0) is 26.7. The van der Waals surface area contributed by atoms with E-state index in [0.717, 1.165) is 34.4 Å². The van der Waals surface area contributed by atoms with E-state index in [1.54, 1.807) is 19.5 Å². The van der Waals surface area contributed by atoms with Crippen molar-refractivity contribution in [3.63, 3.8) is 0 Å². The SMILES string of the molecule is COC1=CC(N)(CCN(C)C)C(Nc2ccncn2)C=C1Nc1nccc(-c2cn(C)c3ccccc23)n1. The summed E-state index contributed by atoms with van der Waals surface area (Å²) in [4.78, 5) is 19.8. The van der Waals surface area contributed by atoms with E-state index in [1.165, 1.54) is 6.33 Å². The molecule has 3 heterocycles. The maximum Gasteiger partial charge on any atom is 0.227 e. The smallest absolute Gasteiger partial charge is 0.227 e. The van der Waals surface area contributed by atoms with Crippen molar-refractivity contribution >= 4 is 22.7 Å². The van der Waals surface area contributed by atoms with Gasteiger partial charge in [-0.1, -0.05) is 18.2 Å². The molecule has 0 fully saturated rings. The number of nitrogens with two attached hydrogens (primary N) is 1. The molecule has 1 aliphatic rings. The molecule has 196 valence electrons. The molecule has 5 rings (SSSR count). The van der Waals surface area contributed by atoms with Crippen LogP contribution < -0.4 is 16.4 Å². The molecule has 0 radical (unpaired) electrons. The standard InChI is InChI=1S/C28H33N9O/c1-36(2)14-11-28(29)16-24(38-4)22(15-25(28)35-26-10-12-30-18-32-26)34-27-31-13-9-21(33-27)20-17-37(3)23-8-6-5-7-19(20)23/h5-10,12-13,15-18,25H,11,14,29H2,1-4H3,(H,30,32,35)(H,31,33,34). The molecule has 3 aromatic heterocycles. The quantitative estimate of drug-likeness (QED) is 0.311. The number of aryl methyl sites for hydroxylation is 1. The van der Waals surface area contributed by atoms with Crippen molar-refractivity contribution in [1.29, 1.82) is 0 Å². The summed E-state index contributed by atoms with van der Waals surface area (Å²) in [5.41, 5.74) is 9.99. The Balaban J connectivity index is 1.48. The minimum atomic E-state index is -0.725. The molecule has 0 aliphatic heterocycles. The fourth-order valence-electron chi connectivity index (χ4n) is 4.68. The summed E-state index contributed by atoms with van der Waals surface area (Å²) in [6.07, 6.45) is 11.7. The number of aromatic nitrogens is 5. The molecular formula is C28H33N9O. The van der Waals surface area contributed by atoms with Gasteiger partial charge in [0.05, 0.1) is 30.1 Å². The highest BCUT2D eigenvalue weighted by Crippen LogP contribution is 2.32. The molecule has 2 atom stereocenters. The molecule has 10 heteroatoms. The van der Waals surface area contributed by atoms with Gasteiger partial charge < -0.3 is 30.6 Å². The van der Waals surface area contributed by atoms with Crippen LogP contribution in [0.25, 0.3) is 22.2 Å². The second-order valence-electron chi connectivity index (χ2n) is 9.74. The number of fused-ring (bicyclic) bond motifs is 1. The molecule has 1 aromatic carbocycles. The van der Waals surface area contributed by atoms with E-state index in [-0.39, 0.29) is 6.04 Å². The molecule has 0 saturated heterocycles. The summed E-state index contributed by atoms with van der Waals surface area (Å²) in [6, 6.07) is 11.7. The zero-order valence-corrected chi connectivity index (χ0v) is 22.1. The van der Waals surface area contributed by atoms with Crippen LogP contribution in [-0.4, -0.2) is 68.7 Å². The predicted octanol–water partition coefficient (Wildman–Crippen LogP) is 3.39. The van der Waals surface area contributed by atoms with Crippen molar-refractivity contribution in [2.45, 2.75) is 18.0 Å². The fraction of sp³-hybridized carbons (Fsp3) is 0.286. The van der Waals surface area contributed by atoms with Gasteiger partial charge in [0.1, 0.15) is 17.9 Å². The Bertz CT molecular complexity index is 1480. The van der Waals surface area contributed by atoms with Crippen molar-refractivity contribution < 1.29 is 4.74 Å². The van der Waals surface area contributed by atoms with E-state index in [2.05, 4.69) is 53.4 Å². The third-order valence-corrected chi connectivity index (χ3v) is 6.75. The van der Waals surface area contributed by atoms with Gasteiger partial charge in [-0.05, 0) is 57.4 Å². The average Bonchev–Trinajstić information content (AvgIpc) is 3.27. The molecule has 10 nitrogen and oxygen atoms in total. The Morgan fingerprint density at radius 2 is 1.97 bits per heavy atom. The molecule has 0 bridgehead atoms. The van der Waals surface area contributed by atoms with Crippen LogP contribution in [0.15, 0.2) is 84.9 Å². The Labute approximate surface area is 222 Å². The van der Waals surface area contributed by atoms with Crippen molar-refractivity contribution in [3.05, 3.63) is 84.9 Å². The van der Waals surface area contributed by atoms with Crippen LogP contribution in [0, 0.1) is 0 Å². The number of hydrogen-bond acceptors (Lipinski definition) is 9. The minimum Gasteiger partial charge on any atom is -0.495 e. The Morgan fingerprint density at radius 1 is 1.13 bits per heavy atom. The number of nitrogens with one attached hydrogen (secondary N) is 2. The highest BCUT2D eigenvalue weighted by molar-refractivity contribution is 5.95. The first-order chi connectivity index (χ1) is 18.4. The van der Waals surface area contributed by atoms with Crippen LogP contribution in [0.2, 0.25) is 0 Å². The summed E-state index contributed by atoms with van der Waals surface area (Å²) in [5.74, 6) is 1.78. The molecule has 1 aliphatic carbocycles. The number of methoxy groups -OCH3 is 1. The van der Waals surface area contributed by atoms with Crippen LogP contribution in [-0.2, 0) is 11.8 Å². The van der Waals surface area contributed by atoms with E-state index in [4.69, 9.17) is 15.5 Å². The van der Waals surface area contributed by atoms with E-state index < -0.39 is 5.54 Å². The number of rotatable bonds is 9. The summed E-state index contributed by atoms with van der Waals surface area (Å²) >= 11 is 0. The van der Waals surface area contributed by atoms with Crippen LogP contribution in [0.1, 0.15) is 6.42 Å². The third kappa shape index (κ3) is 5.22. The number of ether oxygens (including phenoxy) is 1. The Kier molecular flexibility index (Phi) is 7.08. The molecule has 0 saturated carbocycles. The van der Waals surface area contributed by atoms with Gasteiger partial charge in [0.25, 0.3) is 0 Å². The highest BCUT2D eigenvalue weighted by Gasteiger charge is 2.37. The van der Waals surface area contributed by atoms with Crippen LogP contribution >= 0.6 is 0 Å². The molecule has 0 spiro atoms. The van der Waals surface area contributed by atoms with Crippen molar-refractivity contribution in [1.82, 2.24) is 29.4 Å². The van der Waals surface area contributed by atoms with E-state index in [0.29, 0.717) is 23.9 Å². The second-order valence-corrected chi connectivity index (χ2v) is 9.74. The normalized spacial score (nSPS) is 19.3. The lowest BCUT2D eigenvalue weighted by Crippen LogP contribution is -2.55. The molecule has 2 unspecified atom stereocenters. The van der Waals surface area contributed by atoms with Gasteiger partial charge in [-0.3, -0.25) is 0 Å². The van der Waals surface area contributed by atoms with Crippen LogP contribution in [0.4, 0.5) is 11.8 Å². The lowest BCUT2D eigenvalue weighted by Gasteiger charge is -2.39. The Hall–Kier alpha value is -4.28. The van der Waals surface area contributed by atoms with Crippen molar-refractivity contribution in [3.8, 4) is 11.3 Å². The van der Waals surface area contributed by atoms with Crippen molar-refractivity contribution in [2.24, 2.45) is 12.8 Å². The van der Waals surface area contributed by atoms with Gasteiger partial charge in [0.15, 0.2) is 0 Å². The average molecular weight is 512 g/mol. The highest BCUT2D eigenvalue weighted by atomic mass is 16.5. The summed E-state index contributed by atoms with van der Waals surface area (Å²) < 4.78 is 7.88. The number of anilines is 2. The Morgan fingerprint density at radius 3 is 2.74 bits per heavy atom. The van der Waals surface area contributed by atoms with Gasteiger partial charge in [-0.15, -0.1) is 0 Å². The molecule has 4 aromatic rings. The van der Waals surface area contributed by atoms with Crippen molar-refractivity contribution in [2.75, 3.05) is 38.4 Å². The second kappa shape index (κ2) is 10.6. The molecular weight excluding hydrogens is 478 g/mol. The minimum absolute atomic E-state index is 0.278. The van der Waals surface area contributed by atoms with E-state index in [1.807, 2.05) is 57.6 Å². The van der Waals surface area contributed by atoms with Gasteiger partial charge in [-0.2, -0.15) is 0 Å². The topological polar surface area (TPSA) is 119 Å². The number of para-hydroxylation sites is 1. The first-order valence-electron chi connectivity index (χ1n) is 12.5.